The number of carbonyl (C=O) groups is 1. The highest BCUT2D eigenvalue weighted by atomic mass is 32.1. The van der Waals surface area contributed by atoms with Crippen LogP contribution >= 0.6 is 11.3 Å². The first-order chi connectivity index (χ1) is 10.1. The number of benzene rings is 1. The Morgan fingerprint density at radius 1 is 1.33 bits per heavy atom. The summed E-state index contributed by atoms with van der Waals surface area (Å²) < 4.78 is 0. The summed E-state index contributed by atoms with van der Waals surface area (Å²) in [5.41, 5.74) is 2.19. The zero-order valence-electron chi connectivity index (χ0n) is 12.1. The van der Waals surface area contributed by atoms with E-state index in [1.807, 2.05) is 11.4 Å². The van der Waals surface area contributed by atoms with Gasteiger partial charge < -0.3 is 10.4 Å². The Balaban J connectivity index is 1.77. The van der Waals surface area contributed by atoms with Crippen molar-refractivity contribution in [2.24, 2.45) is 0 Å². The predicted molar refractivity (Wildman–Crippen MR) is 85.9 cm³/mol. The molecule has 112 valence electrons. The zero-order chi connectivity index (χ0) is 15.1. The van der Waals surface area contributed by atoms with Crippen molar-refractivity contribution in [3.05, 3.63) is 47.0 Å². The molecule has 1 atom stereocenters. The Morgan fingerprint density at radius 2 is 2.10 bits per heavy atom. The largest absolute Gasteiger partial charge is 0.481 e. The van der Waals surface area contributed by atoms with Crippen molar-refractivity contribution in [3.8, 4) is 0 Å². The van der Waals surface area contributed by atoms with Gasteiger partial charge in [0.05, 0.1) is 12.1 Å². The number of aromatic nitrogens is 1. The van der Waals surface area contributed by atoms with E-state index < -0.39 is 5.97 Å². The maximum Gasteiger partial charge on any atom is 0.303 e. The van der Waals surface area contributed by atoms with E-state index in [1.54, 1.807) is 0 Å². The van der Waals surface area contributed by atoms with Crippen molar-refractivity contribution in [1.82, 2.24) is 4.98 Å². The van der Waals surface area contributed by atoms with Crippen LogP contribution in [0.5, 0.6) is 0 Å². The van der Waals surface area contributed by atoms with E-state index in [4.69, 9.17) is 5.11 Å². The van der Waals surface area contributed by atoms with E-state index in [0.717, 1.165) is 23.7 Å². The molecule has 0 aliphatic rings. The molecular weight excluding hydrogens is 284 g/mol. The molecule has 2 aromatic rings. The van der Waals surface area contributed by atoms with Crippen molar-refractivity contribution in [2.75, 3.05) is 5.32 Å². The monoisotopic (exact) mass is 304 g/mol. The van der Waals surface area contributed by atoms with Gasteiger partial charge in [-0.3, -0.25) is 4.79 Å². The van der Waals surface area contributed by atoms with Crippen molar-refractivity contribution in [2.45, 2.75) is 38.6 Å². The van der Waals surface area contributed by atoms with Gasteiger partial charge in [0.2, 0.25) is 0 Å². The predicted octanol–water partition coefficient (Wildman–Crippen LogP) is 3.59. The fourth-order valence-electron chi connectivity index (χ4n) is 2.03. The SMILES string of the molecule is CC(CCc1ccccc1)Nc1nc(CCC(=O)O)cs1. The molecule has 21 heavy (non-hydrogen) atoms. The molecule has 0 amide bonds. The Hall–Kier alpha value is -1.88. The highest BCUT2D eigenvalue weighted by Gasteiger charge is 2.08. The van der Waals surface area contributed by atoms with Crippen LogP contribution in [-0.2, 0) is 17.6 Å². The zero-order valence-corrected chi connectivity index (χ0v) is 12.9. The van der Waals surface area contributed by atoms with Gasteiger partial charge in [-0.15, -0.1) is 11.3 Å². The number of aliphatic carboxylic acids is 1. The first-order valence-corrected chi connectivity index (χ1v) is 7.98. The lowest BCUT2D eigenvalue weighted by Crippen LogP contribution is -2.15. The van der Waals surface area contributed by atoms with Gasteiger partial charge in [0.15, 0.2) is 5.13 Å². The second-order valence-corrected chi connectivity index (χ2v) is 5.97. The van der Waals surface area contributed by atoms with Crippen molar-refractivity contribution in [3.63, 3.8) is 0 Å². The summed E-state index contributed by atoms with van der Waals surface area (Å²) in [5.74, 6) is -0.784. The standard InChI is InChI=1S/C16H20N2O2S/c1-12(7-8-13-5-3-2-4-6-13)17-16-18-14(11-21-16)9-10-15(19)20/h2-6,11-12H,7-10H2,1H3,(H,17,18)(H,19,20). The van der Waals surface area contributed by atoms with Gasteiger partial charge >= 0.3 is 5.97 Å². The minimum Gasteiger partial charge on any atom is -0.481 e. The molecule has 0 aliphatic heterocycles. The molecule has 4 nitrogen and oxygen atoms in total. The van der Waals surface area contributed by atoms with E-state index in [0.29, 0.717) is 12.5 Å². The lowest BCUT2D eigenvalue weighted by molar-refractivity contribution is -0.136. The van der Waals surface area contributed by atoms with Gasteiger partial charge in [-0.25, -0.2) is 4.98 Å². The quantitative estimate of drug-likeness (QED) is 0.782. The fraction of sp³-hybridized carbons (Fsp3) is 0.375. The molecule has 0 fully saturated rings. The highest BCUT2D eigenvalue weighted by Crippen LogP contribution is 2.18. The molecule has 1 heterocycles. The third-order valence-electron chi connectivity index (χ3n) is 3.23. The Morgan fingerprint density at radius 3 is 2.81 bits per heavy atom. The van der Waals surface area contributed by atoms with Gasteiger partial charge in [-0.1, -0.05) is 30.3 Å². The van der Waals surface area contributed by atoms with Gasteiger partial charge in [-0.2, -0.15) is 0 Å². The second-order valence-electron chi connectivity index (χ2n) is 5.11. The smallest absolute Gasteiger partial charge is 0.303 e. The first-order valence-electron chi connectivity index (χ1n) is 7.10. The second kappa shape index (κ2) is 7.78. The lowest BCUT2D eigenvalue weighted by Gasteiger charge is -2.12. The molecular formula is C16H20N2O2S. The van der Waals surface area contributed by atoms with Crippen LogP contribution in [0.15, 0.2) is 35.7 Å². The minimum atomic E-state index is -0.784. The number of anilines is 1. The number of nitrogens with one attached hydrogen (secondary N) is 1. The lowest BCUT2D eigenvalue weighted by atomic mass is 10.1. The van der Waals surface area contributed by atoms with Crippen molar-refractivity contribution < 1.29 is 9.90 Å². The maximum atomic E-state index is 10.5. The molecule has 0 aliphatic carbocycles. The van der Waals surface area contributed by atoms with Crippen LogP contribution in [0.4, 0.5) is 5.13 Å². The number of aryl methyl sites for hydroxylation is 2. The van der Waals surface area contributed by atoms with Crippen LogP contribution in [0.2, 0.25) is 0 Å². The molecule has 1 unspecified atom stereocenters. The average Bonchev–Trinajstić information content (AvgIpc) is 2.91. The number of thiazole rings is 1. The molecule has 0 bridgehead atoms. The summed E-state index contributed by atoms with van der Waals surface area (Å²) in [5, 5.41) is 14.8. The van der Waals surface area contributed by atoms with Crippen LogP contribution in [0.25, 0.3) is 0 Å². The van der Waals surface area contributed by atoms with Crippen LogP contribution in [-0.4, -0.2) is 22.1 Å². The highest BCUT2D eigenvalue weighted by molar-refractivity contribution is 7.13. The molecule has 5 heteroatoms. The minimum absolute atomic E-state index is 0.132. The van der Waals surface area contributed by atoms with E-state index in [-0.39, 0.29) is 6.42 Å². The van der Waals surface area contributed by atoms with Crippen LogP contribution in [0, 0.1) is 0 Å². The summed E-state index contributed by atoms with van der Waals surface area (Å²) in [6, 6.07) is 10.8. The molecule has 0 saturated carbocycles. The van der Waals surface area contributed by atoms with Crippen molar-refractivity contribution >= 4 is 22.4 Å². The summed E-state index contributed by atoms with van der Waals surface area (Å²) in [6.07, 6.45) is 2.69. The molecule has 0 saturated heterocycles. The van der Waals surface area contributed by atoms with Gasteiger partial charge in [0.25, 0.3) is 0 Å². The Bertz CT molecular complexity index is 569. The molecule has 1 aromatic carbocycles. The van der Waals surface area contributed by atoms with Crippen LogP contribution in [0.1, 0.15) is 31.0 Å². The maximum absolute atomic E-state index is 10.5. The van der Waals surface area contributed by atoms with Crippen molar-refractivity contribution in [1.29, 1.82) is 0 Å². The normalized spacial score (nSPS) is 12.0. The average molecular weight is 304 g/mol. The van der Waals surface area contributed by atoms with Gasteiger partial charge in [0, 0.05) is 17.8 Å². The van der Waals surface area contributed by atoms with E-state index in [1.165, 1.54) is 16.9 Å². The Kier molecular flexibility index (Phi) is 5.75. The number of hydrogen-bond donors (Lipinski definition) is 2. The number of carboxylic acids is 1. The summed E-state index contributed by atoms with van der Waals surface area (Å²) in [7, 11) is 0. The molecule has 2 rings (SSSR count). The number of hydrogen-bond acceptors (Lipinski definition) is 4. The topological polar surface area (TPSA) is 62.2 Å². The van der Waals surface area contributed by atoms with Gasteiger partial charge in [-0.05, 0) is 25.3 Å². The van der Waals surface area contributed by atoms with E-state index >= 15 is 0 Å². The summed E-state index contributed by atoms with van der Waals surface area (Å²) in [6.45, 7) is 2.14. The molecule has 0 radical (unpaired) electrons. The van der Waals surface area contributed by atoms with E-state index in [9.17, 15) is 4.79 Å². The van der Waals surface area contributed by atoms with Gasteiger partial charge in [0.1, 0.15) is 0 Å². The Labute approximate surface area is 128 Å². The van der Waals surface area contributed by atoms with Crippen LogP contribution < -0.4 is 5.32 Å². The third kappa shape index (κ3) is 5.55. The van der Waals surface area contributed by atoms with E-state index in [2.05, 4.69) is 41.5 Å². The number of carboxylic acid groups (broad SMARTS) is 1. The summed E-state index contributed by atoms with van der Waals surface area (Å²) >= 11 is 1.54. The number of nitrogens with zero attached hydrogens (tertiary/aromatic N) is 1. The number of rotatable bonds is 8. The molecule has 2 N–H and O–H groups in total. The summed E-state index contributed by atoms with van der Waals surface area (Å²) in [4.78, 5) is 15.0. The van der Waals surface area contributed by atoms with Crippen LogP contribution in [0.3, 0.4) is 0 Å². The molecule has 0 spiro atoms. The third-order valence-corrected chi connectivity index (χ3v) is 4.05. The first kappa shape index (κ1) is 15.5. The molecule has 1 aromatic heterocycles. The fourth-order valence-corrected chi connectivity index (χ4v) is 2.89.